The number of thiocarbonyl (C=S) groups is 1. The molecular formula is C21H28N2O3S. The molecule has 0 unspecified atom stereocenters. The van der Waals surface area contributed by atoms with Crippen LogP contribution in [0.15, 0.2) is 36.4 Å². The molecule has 0 fully saturated rings. The summed E-state index contributed by atoms with van der Waals surface area (Å²) in [7, 11) is 5.03. The average molecular weight is 389 g/mol. The molecule has 0 aliphatic rings. The van der Waals surface area contributed by atoms with Gasteiger partial charge in [-0.3, -0.25) is 0 Å². The second-order valence-corrected chi connectivity index (χ2v) is 6.58. The molecule has 0 bridgehead atoms. The fraction of sp³-hybridized carbons (Fsp3) is 0.381. The molecular weight excluding hydrogens is 360 g/mol. The van der Waals surface area contributed by atoms with E-state index in [1.54, 1.807) is 21.3 Å². The van der Waals surface area contributed by atoms with Crippen molar-refractivity contribution >= 4 is 17.3 Å². The van der Waals surface area contributed by atoms with Crippen LogP contribution in [0.25, 0.3) is 0 Å². The first-order chi connectivity index (χ1) is 13.1. The Morgan fingerprint density at radius 1 is 0.815 bits per heavy atom. The Kier molecular flexibility index (Phi) is 8.20. The monoisotopic (exact) mass is 388 g/mol. The lowest BCUT2D eigenvalue weighted by molar-refractivity contribution is 0.398. The van der Waals surface area contributed by atoms with E-state index >= 15 is 0 Å². The molecule has 0 aliphatic heterocycles. The van der Waals surface area contributed by atoms with Crippen molar-refractivity contribution in [1.82, 2.24) is 10.6 Å². The number of hydrogen-bond acceptors (Lipinski definition) is 4. The Morgan fingerprint density at radius 3 is 1.93 bits per heavy atom. The van der Waals surface area contributed by atoms with E-state index in [4.69, 9.17) is 26.4 Å². The van der Waals surface area contributed by atoms with Crippen LogP contribution in [0.1, 0.15) is 16.7 Å². The van der Waals surface area contributed by atoms with Crippen molar-refractivity contribution in [2.45, 2.75) is 19.8 Å². The van der Waals surface area contributed by atoms with Crippen LogP contribution in [0.3, 0.4) is 0 Å². The molecule has 6 heteroatoms. The predicted molar refractivity (Wildman–Crippen MR) is 113 cm³/mol. The molecule has 0 heterocycles. The second kappa shape index (κ2) is 10.6. The van der Waals surface area contributed by atoms with Crippen LogP contribution < -0.4 is 24.8 Å². The number of benzene rings is 2. The summed E-state index contributed by atoms with van der Waals surface area (Å²) < 4.78 is 16.1. The Labute approximate surface area is 167 Å². The standard InChI is InChI=1S/C21H28N2O3S/c1-15-5-7-19(25-3)16(13-15)9-11-22-21(27)23-12-10-17-14-18(24-2)6-8-20(17)26-4/h5-8,13-14H,9-12H2,1-4H3,(H2,22,23,27). The van der Waals surface area contributed by atoms with Crippen molar-refractivity contribution in [1.29, 1.82) is 0 Å². The molecule has 2 aromatic rings. The van der Waals surface area contributed by atoms with E-state index < -0.39 is 0 Å². The quantitative estimate of drug-likeness (QED) is 0.643. The third kappa shape index (κ3) is 6.32. The van der Waals surface area contributed by atoms with E-state index in [2.05, 4.69) is 29.7 Å². The maximum atomic E-state index is 5.41. The number of rotatable bonds is 9. The fourth-order valence-corrected chi connectivity index (χ4v) is 3.07. The summed E-state index contributed by atoms with van der Waals surface area (Å²) in [6.07, 6.45) is 1.63. The van der Waals surface area contributed by atoms with Crippen LogP contribution in [0.4, 0.5) is 0 Å². The highest BCUT2D eigenvalue weighted by Gasteiger charge is 2.06. The molecule has 0 saturated heterocycles. The van der Waals surface area contributed by atoms with Gasteiger partial charge in [-0.05, 0) is 67.4 Å². The first kappa shape index (κ1) is 20.8. The van der Waals surface area contributed by atoms with Crippen LogP contribution in [0.5, 0.6) is 17.2 Å². The lowest BCUT2D eigenvalue weighted by atomic mass is 10.1. The van der Waals surface area contributed by atoms with Crippen LogP contribution in [-0.4, -0.2) is 39.5 Å². The van der Waals surface area contributed by atoms with Gasteiger partial charge < -0.3 is 24.8 Å². The Morgan fingerprint density at radius 2 is 1.37 bits per heavy atom. The van der Waals surface area contributed by atoms with Gasteiger partial charge in [-0.2, -0.15) is 0 Å². The SMILES string of the molecule is COc1ccc(OC)c(CCNC(=S)NCCc2cc(C)ccc2OC)c1. The zero-order valence-electron chi connectivity index (χ0n) is 16.4. The van der Waals surface area contributed by atoms with Crippen LogP contribution in [0.2, 0.25) is 0 Å². The summed E-state index contributed by atoms with van der Waals surface area (Å²) in [5, 5.41) is 7.13. The molecule has 2 rings (SSSR count). The van der Waals surface area contributed by atoms with Gasteiger partial charge in [0.1, 0.15) is 17.2 Å². The summed E-state index contributed by atoms with van der Waals surface area (Å²) in [4.78, 5) is 0. The van der Waals surface area contributed by atoms with E-state index in [-0.39, 0.29) is 0 Å². The highest BCUT2D eigenvalue weighted by Crippen LogP contribution is 2.24. The summed E-state index contributed by atoms with van der Waals surface area (Å²) in [6, 6.07) is 12.0. The molecule has 0 aromatic heterocycles. The Hall–Kier alpha value is -2.47. The average Bonchev–Trinajstić information content (AvgIpc) is 2.68. The van der Waals surface area contributed by atoms with Gasteiger partial charge in [-0.1, -0.05) is 17.7 Å². The van der Waals surface area contributed by atoms with Crippen LogP contribution in [0, 0.1) is 6.92 Å². The molecule has 2 aromatic carbocycles. The van der Waals surface area contributed by atoms with Crippen molar-refractivity contribution < 1.29 is 14.2 Å². The largest absolute Gasteiger partial charge is 0.497 e. The summed E-state index contributed by atoms with van der Waals surface area (Å²) in [5.41, 5.74) is 3.48. The van der Waals surface area contributed by atoms with Gasteiger partial charge in [0.25, 0.3) is 0 Å². The number of aryl methyl sites for hydroxylation is 1. The summed E-state index contributed by atoms with van der Waals surface area (Å²) in [5.74, 6) is 2.58. The van der Waals surface area contributed by atoms with Gasteiger partial charge in [0.2, 0.25) is 0 Å². The van der Waals surface area contributed by atoms with Crippen LogP contribution in [-0.2, 0) is 12.8 Å². The second-order valence-electron chi connectivity index (χ2n) is 6.18. The van der Waals surface area contributed by atoms with E-state index in [0.29, 0.717) is 11.7 Å². The van der Waals surface area contributed by atoms with Gasteiger partial charge in [0.05, 0.1) is 21.3 Å². The van der Waals surface area contributed by atoms with Crippen molar-refractivity contribution in [2.75, 3.05) is 34.4 Å². The molecule has 146 valence electrons. The van der Waals surface area contributed by atoms with Crippen LogP contribution >= 0.6 is 12.2 Å². The maximum absolute atomic E-state index is 5.41. The zero-order valence-corrected chi connectivity index (χ0v) is 17.2. The van der Waals surface area contributed by atoms with Gasteiger partial charge in [0.15, 0.2) is 5.11 Å². The van der Waals surface area contributed by atoms with E-state index in [1.807, 2.05) is 24.3 Å². The predicted octanol–water partition coefficient (Wildman–Crippen LogP) is 3.27. The highest BCUT2D eigenvalue weighted by molar-refractivity contribution is 7.80. The first-order valence-corrected chi connectivity index (χ1v) is 9.34. The minimum absolute atomic E-state index is 0.642. The fourth-order valence-electron chi connectivity index (χ4n) is 2.86. The molecule has 0 aliphatic carbocycles. The molecule has 0 spiro atoms. The van der Waals surface area contributed by atoms with Gasteiger partial charge >= 0.3 is 0 Å². The van der Waals surface area contributed by atoms with Gasteiger partial charge in [-0.25, -0.2) is 0 Å². The molecule has 27 heavy (non-hydrogen) atoms. The van der Waals surface area contributed by atoms with Gasteiger partial charge in [-0.15, -0.1) is 0 Å². The smallest absolute Gasteiger partial charge is 0.166 e. The summed E-state index contributed by atoms with van der Waals surface area (Å²) in [6.45, 7) is 3.53. The minimum Gasteiger partial charge on any atom is -0.497 e. The lowest BCUT2D eigenvalue weighted by Gasteiger charge is -2.14. The first-order valence-electron chi connectivity index (χ1n) is 8.93. The number of ether oxygens (including phenoxy) is 3. The minimum atomic E-state index is 0.642. The maximum Gasteiger partial charge on any atom is 0.166 e. The highest BCUT2D eigenvalue weighted by atomic mass is 32.1. The molecule has 0 amide bonds. The molecule has 0 saturated carbocycles. The van der Waals surface area contributed by atoms with Crippen molar-refractivity contribution in [3.05, 3.63) is 53.1 Å². The number of methoxy groups -OCH3 is 3. The van der Waals surface area contributed by atoms with Crippen molar-refractivity contribution in [3.8, 4) is 17.2 Å². The van der Waals surface area contributed by atoms with E-state index in [1.165, 1.54) is 11.1 Å². The van der Waals surface area contributed by atoms with E-state index in [9.17, 15) is 0 Å². The Balaban J connectivity index is 1.78. The molecule has 0 atom stereocenters. The number of hydrogen-bond donors (Lipinski definition) is 2. The van der Waals surface area contributed by atoms with Crippen molar-refractivity contribution in [2.24, 2.45) is 0 Å². The lowest BCUT2D eigenvalue weighted by Crippen LogP contribution is -2.37. The Bertz CT molecular complexity index is 765. The third-order valence-corrected chi connectivity index (χ3v) is 4.57. The molecule has 5 nitrogen and oxygen atoms in total. The van der Waals surface area contributed by atoms with E-state index in [0.717, 1.165) is 42.2 Å². The zero-order chi connectivity index (χ0) is 19.6. The summed E-state index contributed by atoms with van der Waals surface area (Å²) >= 11 is 5.37. The number of nitrogens with one attached hydrogen (secondary N) is 2. The van der Waals surface area contributed by atoms with Crippen molar-refractivity contribution in [3.63, 3.8) is 0 Å². The molecule has 2 N–H and O–H groups in total. The van der Waals surface area contributed by atoms with Gasteiger partial charge in [0, 0.05) is 13.1 Å². The third-order valence-electron chi connectivity index (χ3n) is 4.28. The topological polar surface area (TPSA) is 51.8 Å². The normalized spacial score (nSPS) is 10.2. The molecule has 0 radical (unpaired) electrons.